The molecule has 0 bridgehead atoms. The summed E-state index contributed by atoms with van der Waals surface area (Å²) in [4.78, 5) is 22.3. The van der Waals surface area contributed by atoms with E-state index < -0.39 is 17.8 Å². The molecule has 0 radical (unpaired) electrons. The number of halogens is 1. The maximum Gasteiger partial charge on any atom is 0.356 e. The van der Waals surface area contributed by atoms with Crippen LogP contribution in [0.4, 0.5) is 4.39 Å². The Balaban J connectivity index is 2.25. The van der Waals surface area contributed by atoms with Gasteiger partial charge in [0, 0.05) is 0 Å². The minimum absolute atomic E-state index is 0.175. The summed E-state index contributed by atoms with van der Waals surface area (Å²) in [6, 6.07) is 5.35. The van der Waals surface area contributed by atoms with E-state index in [4.69, 9.17) is 9.84 Å². The van der Waals surface area contributed by atoms with Gasteiger partial charge in [-0.25, -0.2) is 14.0 Å². The third-order valence-corrected chi connectivity index (χ3v) is 2.81. The molecular weight excluding hydrogens is 261 g/mol. The van der Waals surface area contributed by atoms with Crippen LogP contribution in [0, 0.1) is 5.82 Å². The van der Waals surface area contributed by atoms with Crippen LogP contribution >= 0.6 is 11.5 Å². The zero-order chi connectivity index (χ0) is 13.1. The van der Waals surface area contributed by atoms with E-state index in [1.807, 2.05) is 0 Å². The van der Waals surface area contributed by atoms with Gasteiger partial charge in [0.25, 0.3) is 0 Å². The Morgan fingerprint density at radius 1 is 1.33 bits per heavy atom. The summed E-state index contributed by atoms with van der Waals surface area (Å²) in [7, 11) is 0. The Hall–Kier alpha value is -2.28. The van der Waals surface area contributed by atoms with Gasteiger partial charge in [0.1, 0.15) is 10.4 Å². The third-order valence-electron chi connectivity index (χ3n) is 2.03. The highest BCUT2D eigenvalue weighted by Crippen LogP contribution is 2.20. The first-order valence-electron chi connectivity index (χ1n) is 4.74. The lowest BCUT2D eigenvalue weighted by atomic mass is 10.3. The Morgan fingerprint density at radius 3 is 2.72 bits per heavy atom. The highest BCUT2D eigenvalue weighted by atomic mass is 32.1. The van der Waals surface area contributed by atoms with E-state index in [-0.39, 0.29) is 16.2 Å². The minimum atomic E-state index is -1.29. The van der Waals surface area contributed by atoms with E-state index in [1.54, 1.807) is 0 Å². The zero-order valence-corrected chi connectivity index (χ0v) is 9.61. The molecule has 0 spiro atoms. The first kappa shape index (κ1) is 12.2. The van der Waals surface area contributed by atoms with Gasteiger partial charge < -0.3 is 9.84 Å². The van der Waals surface area contributed by atoms with Crippen molar-refractivity contribution in [2.75, 3.05) is 0 Å². The maximum absolute atomic E-state index is 13.2. The number of aromatic nitrogens is 1. The quantitative estimate of drug-likeness (QED) is 0.681. The van der Waals surface area contributed by atoms with E-state index in [0.717, 1.165) is 12.3 Å². The van der Waals surface area contributed by atoms with Crippen molar-refractivity contribution in [3.63, 3.8) is 0 Å². The van der Waals surface area contributed by atoms with E-state index in [1.165, 1.54) is 18.2 Å². The molecule has 5 nitrogen and oxygen atoms in total. The SMILES string of the molecule is O=C(O)c1cnsc1C(=O)Oc1ccccc1F. The molecule has 0 saturated heterocycles. The van der Waals surface area contributed by atoms with Crippen LogP contribution in [0.15, 0.2) is 30.5 Å². The Morgan fingerprint density at radius 2 is 2.06 bits per heavy atom. The molecule has 2 rings (SSSR count). The number of hydrogen-bond acceptors (Lipinski definition) is 5. The Labute approximate surface area is 105 Å². The number of carbonyl (C=O) groups excluding carboxylic acids is 1. The lowest BCUT2D eigenvalue weighted by Crippen LogP contribution is -2.11. The maximum atomic E-state index is 13.2. The smallest absolute Gasteiger partial charge is 0.356 e. The number of benzene rings is 1. The van der Waals surface area contributed by atoms with Crippen LogP contribution in [-0.2, 0) is 0 Å². The van der Waals surface area contributed by atoms with Crippen molar-refractivity contribution in [2.45, 2.75) is 0 Å². The van der Waals surface area contributed by atoms with Crippen LogP contribution < -0.4 is 4.74 Å². The first-order chi connectivity index (χ1) is 8.59. The molecule has 0 fully saturated rings. The van der Waals surface area contributed by atoms with Gasteiger partial charge in [0.15, 0.2) is 11.6 Å². The number of carbonyl (C=O) groups is 2. The Bertz CT molecular complexity index is 611. The van der Waals surface area contributed by atoms with E-state index >= 15 is 0 Å². The van der Waals surface area contributed by atoms with Crippen molar-refractivity contribution >= 4 is 23.5 Å². The highest BCUT2D eigenvalue weighted by molar-refractivity contribution is 7.08. The van der Waals surface area contributed by atoms with Gasteiger partial charge in [0.2, 0.25) is 0 Å². The van der Waals surface area contributed by atoms with Gasteiger partial charge in [-0.3, -0.25) is 0 Å². The molecule has 1 aromatic heterocycles. The average molecular weight is 267 g/mol. The van der Waals surface area contributed by atoms with Crippen LogP contribution in [0.3, 0.4) is 0 Å². The summed E-state index contributed by atoms with van der Waals surface area (Å²) in [5, 5.41) is 8.81. The van der Waals surface area contributed by atoms with Crippen LogP contribution in [0.25, 0.3) is 0 Å². The van der Waals surface area contributed by atoms with Gasteiger partial charge in [0.05, 0.1) is 6.20 Å². The standard InChI is InChI=1S/C11H6FNO4S/c12-7-3-1-2-4-8(7)17-11(16)9-6(10(14)15)5-13-18-9/h1-5H,(H,14,15). The predicted octanol–water partition coefficient (Wildman–Crippen LogP) is 2.20. The second-order valence-electron chi connectivity index (χ2n) is 3.19. The molecule has 0 saturated carbocycles. The fraction of sp³-hybridized carbons (Fsp3) is 0. The summed E-state index contributed by atoms with van der Waals surface area (Å²) >= 11 is 0.683. The van der Waals surface area contributed by atoms with Crippen molar-refractivity contribution in [1.29, 1.82) is 0 Å². The van der Waals surface area contributed by atoms with Gasteiger partial charge in [-0.05, 0) is 23.7 Å². The average Bonchev–Trinajstić information content (AvgIpc) is 2.81. The number of ether oxygens (including phenoxy) is 1. The van der Waals surface area contributed by atoms with Crippen molar-refractivity contribution in [3.8, 4) is 5.75 Å². The number of carboxylic acids is 1. The van der Waals surface area contributed by atoms with E-state index in [9.17, 15) is 14.0 Å². The van der Waals surface area contributed by atoms with Crippen molar-refractivity contribution in [2.24, 2.45) is 0 Å². The summed E-state index contributed by atoms with van der Waals surface area (Å²) in [5.41, 5.74) is -0.263. The fourth-order valence-electron chi connectivity index (χ4n) is 1.21. The minimum Gasteiger partial charge on any atom is -0.478 e. The molecule has 1 aromatic carbocycles. The molecule has 1 heterocycles. The van der Waals surface area contributed by atoms with Crippen LogP contribution in [0.2, 0.25) is 0 Å². The number of aromatic carboxylic acids is 1. The molecule has 2 aromatic rings. The molecule has 0 atom stereocenters. The van der Waals surface area contributed by atoms with E-state index in [2.05, 4.69) is 4.37 Å². The molecular formula is C11H6FNO4S. The molecule has 1 N–H and O–H groups in total. The van der Waals surface area contributed by atoms with Crippen LogP contribution in [0.5, 0.6) is 5.75 Å². The van der Waals surface area contributed by atoms with Crippen molar-refractivity contribution in [3.05, 3.63) is 46.7 Å². The van der Waals surface area contributed by atoms with Gasteiger partial charge in [-0.2, -0.15) is 4.37 Å². The zero-order valence-electron chi connectivity index (χ0n) is 8.79. The lowest BCUT2D eigenvalue weighted by Gasteiger charge is -2.03. The molecule has 0 aliphatic heterocycles. The lowest BCUT2D eigenvalue weighted by molar-refractivity contribution is 0.0669. The number of esters is 1. The number of nitrogens with zero attached hydrogens (tertiary/aromatic N) is 1. The third kappa shape index (κ3) is 2.35. The molecule has 0 aliphatic carbocycles. The van der Waals surface area contributed by atoms with Gasteiger partial charge >= 0.3 is 11.9 Å². The van der Waals surface area contributed by atoms with Gasteiger partial charge in [-0.15, -0.1) is 0 Å². The largest absolute Gasteiger partial charge is 0.478 e. The summed E-state index contributed by atoms with van der Waals surface area (Å²) < 4.78 is 21.6. The molecule has 0 amide bonds. The number of hydrogen-bond donors (Lipinski definition) is 1. The number of rotatable bonds is 3. The fourth-order valence-corrected chi connectivity index (χ4v) is 1.83. The van der Waals surface area contributed by atoms with Crippen LogP contribution in [-0.4, -0.2) is 21.4 Å². The molecule has 18 heavy (non-hydrogen) atoms. The highest BCUT2D eigenvalue weighted by Gasteiger charge is 2.22. The normalized spacial score (nSPS) is 10.1. The van der Waals surface area contributed by atoms with E-state index in [0.29, 0.717) is 11.5 Å². The predicted molar refractivity (Wildman–Crippen MR) is 60.4 cm³/mol. The monoisotopic (exact) mass is 267 g/mol. The summed E-state index contributed by atoms with van der Waals surface area (Å²) in [5.74, 6) is -3.19. The second-order valence-corrected chi connectivity index (χ2v) is 4.00. The second kappa shape index (κ2) is 4.92. The van der Waals surface area contributed by atoms with Gasteiger partial charge in [-0.1, -0.05) is 12.1 Å². The molecule has 7 heteroatoms. The first-order valence-corrected chi connectivity index (χ1v) is 5.51. The summed E-state index contributed by atoms with van der Waals surface area (Å²) in [6.07, 6.45) is 1.05. The van der Waals surface area contributed by atoms with Crippen molar-refractivity contribution in [1.82, 2.24) is 4.37 Å². The number of para-hydroxylation sites is 1. The molecule has 92 valence electrons. The molecule has 0 unspecified atom stereocenters. The topological polar surface area (TPSA) is 76.5 Å². The van der Waals surface area contributed by atoms with Crippen molar-refractivity contribution < 1.29 is 23.8 Å². The number of carboxylic acid groups (broad SMARTS) is 1. The molecule has 0 aliphatic rings. The summed E-state index contributed by atoms with van der Waals surface area (Å²) in [6.45, 7) is 0. The Kier molecular flexibility index (Phi) is 3.33. The van der Waals surface area contributed by atoms with Crippen LogP contribution in [0.1, 0.15) is 20.0 Å².